The number of ketones is 2. The molecule has 2 aliphatic carbocycles. The predicted molar refractivity (Wildman–Crippen MR) is 265 cm³/mol. The van der Waals surface area contributed by atoms with E-state index in [1.54, 1.807) is 0 Å². The van der Waals surface area contributed by atoms with E-state index in [2.05, 4.69) is 0 Å². The van der Waals surface area contributed by atoms with Gasteiger partial charge in [0.1, 0.15) is 108 Å². The Labute approximate surface area is 454 Å². The fourth-order valence-corrected chi connectivity index (χ4v) is 11.5. The number of carbonyl (C=O) groups excluding carboxylic acids is 2. The molecule has 0 radical (unpaired) electrons. The normalized spacial score (nSPS) is 37.6. The zero-order valence-electron chi connectivity index (χ0n) is 42.6. The number of aliphatic hydroxyl groups is 14. The summed E-state index contributed by atoms with van der Waals surface area (Å²) in [5.41, 5.74) is 0.639. The largest absolute Gasteiger partial charge is 0.507 e. The molecule has 0 saturated carbocycles. The summed E-state index contributed by atoms with van der Waals surface area (Å²) in [6, 6.07) is 14.0. The fourth-order valence-electron chi connectivity index (χ4n) is 11.5. The van der Waals surface area contributed by atoms with Crippen molar-refractivity contribution in [2.24, 2.45) is 0 Å². The molecular weight excluding hydrogens is 1060 g/mol. The second kappa shape index (κ2) is 23.5. The van der Waals surface area contributed by atoms with Crippen LogP contribution in [0.1, 0.15) is 90.9 Å². The number of hydrogen-bond donors (Lipinski definition) is 18. The standard InChI is InChI=1S/2C27H32O13/c2*1-9-19(31)22(34)25(37)27(39-9)38-8-10-5-12-16(26-24(36)23(35)20(32)15(7-28)40-26)11-3-2-4-13(29)17(11)21(33)18(12)14(30)6-10/h2*2-6,9,15-16,19-20,22-32,34-37H,7-8H2,1H3/t9-,15+,16+,19-,20+,22+,23-,24+,25+,26-,27+;9-,15+,16-,19-,20+,22+,23-,24+,25+,26-,27+/m00/s1. The minimum absolute atomic E-state index is 0.142. The molecule has 26 heteroatoms. The van der Waals surface area contributed by atoms with Crippen LogP contribution in [0.4, 0.5) is 0 Å². The molecule has 4 heterocycles. The third-order valence-electron chi connectivity index (χ3n) is 15.8. The molecule has 436 valence electrons. The zero-order chi connectivity index (χ0) is 58.1. The molecule has 4 aliphatic heterocycles. The average Bonchev–Trinajstić information content (AvgIpc) is 3.60. The molecule has 18 N–H and O–H groups in total. The number of ether oxygens (including phenoxy) is 6. The highest BCUT2D eigenvalue weighted by atomic mass is 16.7. The predicted octanol–water partition coefficient (Wildman–Crippen LogP) is -4.08. The fraction of sp³-hybridized carbons (Fsp3) is 0.519. The lowest BCUT2D eigenvalue weighted by Crippen LogP contribution is -2.60. The second-order valence-electron chi connectivity index (χ2n) is 20.8. The molecule has 0 unspecified atom stereocenters. The maximum atomic E-state index is 13.5. The monoisotopic (exact) mass is 1130 g/mol. The molecular formula is C54H64O26. The first-order valence-electron chi connectivity index (χ1n) is 25.6. The van der Waals surface area contributed by atoms with E-state index >= 15 is 0 Å². The number of benzene rings is 4. The third-order valence-corrected chi connectivity index (χ3v) is 15.8. The first-order chi connectivity index (χ1) is 37.9. The Balaban J connectivity index is 0.000000194. The van der Waals surface area contributed by atoms with Crippen molar-refractivity contribution in [2.75, 3.05) is 13.2 Å². The summed E-state index contributed by atoms with van der Waals surface area (Å²) in [7, 11) is 0. The van der Waals surface area contributed by atoms with Crippen molar-refractivity contribution in [3.05, 3.63) is 116 Å². The van der Waals surface area contributed by atoms with E-state index in [1.807, 2.05) is 0 Å². The Hall–Kier alpha value is -5.38. The van der Waals surface area contributed by atoms with Gasteiger partial charge in [-0.3, -0.25) is 9.59 Å². The molecule has 26 nitrogen and oxygen atoms in total. The van der Waals surface area contributed by atoms with Crippen LogP contribution >= 0.6 is 0 Å². The molecule has 4 aromatic carbocycles. The average molecular weight is 1130 g/mol. The Morgan fingerprint density at radius 1 is 0.400 bits per heavy atom. The van der Waals surface area contributed by atoms with Gasteiger partial charge in [0.15, 0.2) is 12.6 Å². The molecule has 4 aromatic rings. The maximum absolute atomic E-state index is 13.5. The topological polar surface area (TPSA) is 454 Å². The van der Waals surface area contributed by atoms with Crippen LogP contribution in [-0.2, 0) is 41.6 Å². The molecule has 0 bridgehead atoms. The van der Waals surface area contributed by atoms with Crippen LogP contribution in [-0.4, -0.2) is 239 Å². The number of aromatic hydroxyl groups is 4. The van der Waals surface area contributed by atoms with E-state index in [9.17, 15) is 102 Å². The highest BCUT2D eigenvalue weighted by Gasteiger charge is 2.53. The number of rotatable bonds is 10. The van der Waals surface area contributed by atoms with Gasteiger partial charge >= 0.3 is 0 Å². The van der Waals surface area contributed by atoms with Gasteiger partial charge in [0.25, 0.3) is 0 Å². The van der Waals surface area contributed by atoms with Crippen molar-refractivity contribution >= 4 is 11.6 Å². The third kappa shape index (κ3) is 10.5. The molecule has 10 rings (SSSR count). The smallest absolute Gasteiger partial charge is 0.201 e. The molecule has 0 amide bonds. The highest BCUT2D eigenvalue weighted by Crippen LogP contribution is 2.50. The van der Waals surface area contributed by atoms with Crippen LogP contribution in [0.25, 0.3) is 0 Å². The van der Waals surface area contributed by atoms with Crippen LogP contribution in [0.3, 0.4) is 0 Å². The minimum Gasteiger partial charge on any atom is -0.507 e. The number of phenols is 4. The van der Waals surface area contributed by atoms with Crippen LogP contribution in [0, 0.1) is 0 Å². The van der Waals surface area contributed by atoms with E-state index in [0.29, 0.717) is 0 Å². The molecule has 22 atom stereocenters. The van der Waals surface area contributed by atoms with Crippen LogP contribution in [0.15, 0.2) is 60.7 Å². The number of hydrogen-bond acceptors (Lipinski definition) is 26. The summed E-state index contributed by atoms with van der Waals surface area (Å²) in [5, 5.41) is 186. The van der Waals surface area contributed by atoms with E-state index in [-0.39, 0.29) is 80.3 Å². The van der Waals surface area contributed by atoms with Gasteiger partial charge in [0.2, 0.25) is 11.6 Å². The SMILES string of the molecule is C[C@@H]1O[C@@H](OCc2cc(O)c3c(c2)[C@@H]([C@@H]2O[C@H](CO)[C@@H](O)[C@H](O)[C@H]2O)c2cccc(O)c2C3=O)[C@H](O)[C@H](O)[C@H]1O.C[C@@H]1O[C@@H](OCc2cc(O)c3c(c2)[C@H]([C@@H]2O[C@H](CO)[C@@H](O)[C@H](O)[C@H]2O)c2cccc(O)c2C3=O)[C@H](O)[C@H](O)[C@H]1O. The summed E-state index contributed by atoms with van der Waals surface area (Å²) in [6.45, 7) is 1.03. The quantitative estimate of drug-likeness (QED) is 0.0718. The lowest BCUT2D eigenvalue weighted by molar-refractivity contribution is -0.296. The van der Waals surface area contributed by atoms with Gasteiger partial charge in [-0.15, -0.1) is 0 Å². The van der Waals surface area contributed by atoms with Crippen molar-refractivity contribution in [3.8, 4) is 23.0 Å². The summed E-state index contributed by atoms with van der Waals surface area (Å²) < 4.78 is 33.8. The van der Waals surface area contributed by atoms with Gasteiger partial charge in [0, 0.05) is 11.8 Å². The Bertz CT molecular complexity index is 2720. The van der Waals surface area contributed by atoms with Gasteiger partial charge in [-0.2, -0.15) is 0 Å². The summed E-state index contributed by atoms with van der Waals surface area (Å²) in [5.74, 6) is -5.28. The van der Waals surface area contributed by atoms with Crippen LogP contribution in [0.2, 0.25) is 0 Å². The van der Waals surface area contributed by atoms with E-state index in [0.717, 1.165) is 0 Å². The Morgan fingerprint density at radius 3 is 1.09 bits per heavy atom. The van der Waals surface area contributed by atoms with E-state index in [4.69, 9.17) is 28.4 Å². The van der Waals surface area contributed by atoms with Crippen molar-refractivity contribution in [1.82, 2.24) is 0 Å². The molecule has 0 aromatic heterocycles. The summed E-state index contributed by atoms with van der Waals surface area (Å²) in [6.07, 6.45) is -28.5. The second-order valence-corrected chi connectivity index (χ2v) is 20.8. The zero-order valence-corrected chi connectivity index (χ0v) is 42.6. The molecule has 0 spiro atoms. The van der Waals surface area contributed by atoms with Gasteiger partial charge in [-0.05, 0) is 71.5 Å². The first kappa shape index (κ1) is 59.2. The maximum Gasteiger partial charge on any atom is 0.201 e. The van der Waals surface area contributed by atoms with Gasteiger partial charge in [-0.25, -0.2) is 0 Å². The first-order valence-corrected chi connectivity index (χ1v) is 25.6. The van der Waals surface area contributed by atoms with Crippen molar-refractivity contribution < 1.29 is 130 Å². The molecule has 4 fully saturated rings. The van der Waals surface area contributed by atoms with Crippen LogP contribution < -0.4 is 0 Å². The van der Waals surface area contributed by atoms with E-state index in [1.165, 1.54) is 74.5 Å². The van der Waals surface area contributed by atoms with Gasteiger partial charge in [0.05, 0.1) is 73.1 Å². The van der Waals surface area contributed by atoms with Gasteiger partial charge in [-0.1, -0.05) is 36.4 Å². The van der Waals surface area contributed by atoms with Gasteiger partial charge < -0.3 is 120 Å². The number of carbonyl (C=O) groups is 2. The lowest BCUT2D eigenvalue weighted by Gasteiger charge is -2.45. The Kier molecular flexibility index (Phi) is 17.4. The number of aliphatic hydroxyl groups excluding tert-OH is 14. The summed E-state index contributed by atoms with van der Waals surface area (Å²) >= 11 is 0. The summed E-state index contributed by atoms with van der Waals surface area (Å²) in [4.78, 5) is 26.9. The van der Waals surface area contributed by atoms with Crippen LogP contribution in [0.5, 0.6) is 23.0 Å². The molecule has 4 saturated heterocycles. The highest BCUT2D eigenvalue weighted by molar-refractivity contribution is 6.17. The number of phenolic OH excluding ortho intramolecular Hbond substituents is 4. The van der Waals surface area contributed by atoms with E-state index < -0.39 is 171 Å². The lowest BCUT2D eigenvalue weighted by atomic mass is 9.71. The number of fused-ring (bicyclic) bond motifs is 4. The molecule has 80 heavy (non-hydrogen) atoms. The van der Waals surface area contributed by atoms with Crippen molar-refractivity contribution in [1.29, 1.82) is 0 Å². The van der Waals surface area contributed by atoms with Crippen molar-refractivity contribution in [3.63, 3.8) is 0 Å². The minimum atomic E-state index is -1.72. The molecule has 6 aliphatic rings. The van der Waals surface area contributed by atoms with Crippen molar-refractivity contribution in [2.45, 2.75) is 161 Å². The Morgan fingerprint density at radius 2 is 0.738 bits per heavy atom.